The van der Waals surface area contributed by atoms with Crippen molar-refractivity contribution < 1.29 is 4.74 Å². The summed E-state index contributed by atoms with van der Waals surface area (Å²) in [5.41, 5.74) is 4.70. The third-order valence-corrected chi connectivity index (χ3v) is 4.88. The number of anilines is 2. The lowest BCUT2D eigenvalue weighted by atomic mass is 10.1. The van der Waals surface area contributed by atoms with Crippen molar-refractivity contribution in [2.45, 2.75) is 52.7 Å². The fourth-order valence-electron chi connectivity index (χ4n) is 2.97. The van der Waals surface area contributed by atoms with Crippen LogP contribution in [-0.2, 0) is 17.6 Å². The van der Waals surface area contributed by atoms with Crippen LogP contribution >= 0.6 is 11.6 Å². The van der Waals surface area contributed by atoms with Crippen molar-refractivity contribution in [3.05, 3.63) is 34.6 Å². The van der Waals surface area contributed by atoms with Crippen LogP contribution in [0.1, 0.15) is 45.0 Å². The van der Waals surface area contributed by atoms with E-state index in [1.54, 1.807) is 7.11 Å². The highest BCUT2D eigenvalue weighted by molar-refractivity contribution is 6.33. The van der Waals surface area contributed by atoms with Gasteiger partial charge in [0.15, 0.2) is 0 Å². The number of halogens is 1. The number of hydrogen-bond acceptors (Lipinski definition) is 5. The van der Waals surface area contributed by atoms with Gasteiger partial charge in [0.2, 0.25) is 0 Å². The molecule has 1 unspecified atom stereocenters. The Morgan fingerprint density at radius 1 is 1.11 bits per heavy atom. The van der Waals surface area contributed by atoms with Gasteiger partial charge in [-0.3, -0.25) is 0 Å². The number of rotatable bonds is 9. The van der Waals surface area contributed by atoms with Crippen molar-refractivity contribution in [2.75, 3.05) is 31.4 Å². The first kappa shape index (κ1) is 21.5. The molecule has 0 aliphatic heterocycles. The molecular weight excluding hydrogens is 360 g/mol. The molecule has 6 heteroatoms. The monoisotopic (exact) mass is 390 g/mol. The number of methoxy groups -OCH3 is 1. The van der Waals surface area contributed by atoms with Crippen molar-refractivity contribution in [1.82, 2.24) is 9.97 Å². The van der Waals surface area contributed by atoms with Gasteiger partial charge < -0.3 is 15.0 Å². The number of aryl methyl sites for hydroxylation is 2. The van der Waals surface area contributed by atoms with Gasteiger partial charge in [-0.15, -0.1) is 0 Å². The van der Waals surface area contributed by atoms with Gasteiger partial charge >= 0.3 is 0 Å². The lowest BCUT2D eigenvalue weighted by Gasteiger charge is -2.21. The first-order chi connectivity index (χ1) is 12.9. The minimum absolute atomic E-state index is 0.0619. The first-order valence-corrected chi connectivity index (χ1v) is 9.99. The molecule has 1 aromatic carbocycles. The summed E-state index contributed by atoms with van der Waals surface area (Å²) in [5, 5.41) is 4.09. The molecule has 1 N–H and O–H groups in total. The molecule has 0 saturated carbocycles. The summed E-state index contributed by atoms with van der Waals surface area (Å²) in [6.07, 6.45) is 3.45. The normalized spacial score (nSPS) is 12.1. The maximum Gasteiger partial charge on any atom is 0.150 e. The predicted molar refractivity (Wildman–Crippen MR) is 115 cm³/mol. The molecule has 5 nitrogen and oxygen atoms in total. The van der Waals surface area contributed by atoms with E-state index in [1.807, 2.05) is 31.1 Å². The summed E-state index contributed by atoms with van der Waals surface area (Å²) >= 11 is 6.59. The first-order valence-electron chi connectivity index (χ1n) is 9.61. The van der Waals surface area contributed by atoms with Crippen LogP contribution in [0.5, 0.6) is 0 Å². The van der Waals surface area contributed by atoms with Gasteiger partial charge in [-0.05, 0) is 37.5 Å². The van der Waals surface area contributed by atoms with Gasteiger partial charge in [-0.2, -0.15) is 0 Å². The molecule has 0 saturated heterocycles. The molecule has 0 bridgehead atoms. The molecule has 1 atom stereocenters. The molecule has 0 radical (unpaired) electrons. The highest BCUT2D eigenvalue weighted by atomic mass is 35.5. The van der Waals surface area contributed by atoms with E-state index in [0.29, 0.717) is 5.02 Å². The Hall–Kier alpha value is -1.85. The van der Waals surface area contributed by atoms with Crippen LogP contribution in [0.3, 0.4) is 0 Å². The molecule has 0 fully saturated rings. The third-order valence-electron chi connectivity index (χ3n) is 4.57. The summed E-state index contributed by atoms with van der Waals surface area (Å²) in [6, 6.07) is 6.06. The van der Waals surface area contributed by atoms with Gasteiger partial charge in [0.05, 0.1) is 22.1 Å². The smallest absolute Gasteiger partial charge is 0.150 e. The Labute approximate surface area is 168 Å². The Balaban J connectivity index is 2.49. The fourth-order valence-corrected chi connectivity index (χ4v) is 3.23. The minimum atomic E-state index is -0.0619. The number of nitrogens with zero attached hydrogens (tertiary/aromatic N) is 3. The lowest BCUT2D eigenvalue weighted by molar-refractivity contribution is 0.117. The molecule has 1 heterocycles. The van der Waals surface area contributed by atoms with Gasteiger partial charge in [-0.25, -0.2) is 9.97 Å². The number of nitrogens with one attached hydrogen (secondary N) is 1. The summed E-state index contributed by atoms with van der Waals surface area (Å²) in [6.45, 7) is 6.31. The van der Waals surface area contributed by atoms with Gasteiger partial charge in [0.25, 0.3) is 0 Å². The zero-order valence-electron chi connectivity index (χ0n) is 17.3. The van der Waals surface area contributed by atoms with Gasteiger partial charge in [-0.1, -0.05) is 38.8 Å². The van der Waals surface area contributed by atoms with Crippen molar-refractivity contribution in [2.24, 2.45) is 0 Å². The number of benzene rings is 1. The standard InChI is InChI=1S/C21H31ClN4O/c1-7-10-19(27-6)25-21-18(9-3)23-20(17(8-2)24-21)15-12-11-14(26(4)5)13-16(15)22/h11-13,19H,7-10H2,1-6H3,(H,24,25). The quantitative estimate of drug-likeness (QED) is 0.598. The Kier molecular flexibility index (Phi) is 7.87. The van der Waals surface area contributed by atoms with Crippen LogP contribution < -0.4 is 10.2 Å². The number of hydrogen-bond donors (Lipinski definition) is 1. The zero-order valence-corrected chi connectivity index (χ0v) is 18.0. The highest BCUT2D eigenvalue weighted by Crippen LogP contribution is 2.33. The summed E-state index contributed by atoms with van der Waals surface area (Å²) < 4.78 is 5.53. The largest absolute Gasteiger partial charge is 0.378 e. The van der Waals surface area contributed by atoms with Crippen LogP contribution in [-0.4, -0.2) is 37.4 Å². The lowest BCUT2D eigenvalue weighted by Crippen LogP contribution is -2.23. The van der Waals surface area contributed by atoms with Crippen molar-refractivity contribution >= 4 is 23.1 Å². The molecule has 1 aromatic heterocycles. The van der Waals surface area contributed by atoms with Crippen LogP contribution in [0, 0.1) is 0 Å². The molecule has 27 heavy (non-hydrogen) atoms. The van der Waals surface area contributed by atoms with E-state index in [0.717, 1.165) is 59.8 Å². The molecule has 0 amide bonds. The molecule has 2 rings (SSSR count). The molecule has 0 spiro atoms. The SMILES string of the molecule is CCCC(Nc1nc(CC)c(-c2ccc(N(C)C)cc2Cl)nc1CC)OC. The molecule has 0 aliphatic rings. The van der Waals surface area contributed by atoms with Crippen LogP contribution in [0.4, 0.5) is 11.5 Å². The Morgan fingerprint density at radius 3 is 2.33 bits per heavy atom. The molecule has 2 aromatic rings. The highest BCUT2D eigenvalue weighted by Gasteiger charge is 2.18. The van der Waals surface area contributed by atoms with E-state index in [9.17, 15) is 0 Å². The van der Waals surface area contributed by atoms with E-state index in [4.69, 9.17) is 26.3 Å². The van der Waals surface area contributed by atoms with Gasteiger partial charge in [0.1, 0.15) is 12.0 Å². The second-order valence-corrected chi connectivity index (χ2v) is 7.14. The van der Waals surface area contributed by atoms with E-state index < -0.39 is 0 Å². The Morgan fingerprint density at radius 2 is 1.81 bits per heavy atom. The van der Waals surface area contributed by atoms with E-state index in [-0.39, 0.29) is 6.23 Å². The minimum Gasteiger partial charge on any atom is -0.378 e. The summed E-state index contributed by atoms with van der Waals surface area (Å²) in [4.78, 5) is 11.9. The number of ether oxygens (including phenoxy) is 1. The fraction of sp³-hybridized carbons (Fsp3) is 0.524. The second kappa shape index (κ2) is 9.90. The van der Waals surface area contributed by atoms with E-state index in [2.05, 4.69) is 32.2 Å². The zero-order chi connectivity index (χ0) is 20.0. The van der Waals surface area contributed by atoms with Crippen molar-refractivity contribution in [3.63, 3.8) is 0 Å². The van der Waals surface area contributed by atoms with Crippen LogP contribution in [0.15, 0.2) is 18.2 Å². The van der Waals surface area contributed by atoms with Crippen molar-refractivity contribution in [3.8, 4) is 11.3 Å². The third kappa shape index (κ3) is 5.11. The maximum atomic E-state index is 6.59. The average Bonchev–Trinajstić information content (AvgIpc) is 2.67. The number of aromatic nitrogens is 2. The molecular formula is C21H31ClN4O. The molecule has 148 valence electrons. The molecule has 0 aliphatic carbocycles. The second-order valence-electron chi connectivity index (χ2n) is 6.74. The Bertz CT molecular complexity index is 764. The maximum absolute atomic E-state index is 6.59. The topological polar surface area (TPSA) is 50.3 Å². The predicted octanol–water partition coefficient (Wildman–Crippen LogP) is 5.17. The van der Waals surface area contributed by atoms with Crippen LogP contribution in [0.25, 0.3) is 11.3 Å². The summed E-state index contributed by atoms with van der Waals surface area (Å²) in [7, 11) is 5.72. The van der Waals surface area contributed by atoms with E-state index >= 15 is 0 Å². The van der Waals surface area contributed by atoms with E-state index in [1.165, 1.54) is 0 Å². The summed E-state index contributed by atoms with van der Waals surface area (Å²) in [5.74, 6) is 0.805. The van der Waals surface area contributed by atoms with Crippen LogP contribution in [0.2, 0.25) is 5.02 Å². The van der Waals surface area contributed by atoms with Gasteiger partial charge in [0, 0.05) is 32.5 Å². The van der Waals surface area contributed by atoms with Crippen molar-refractivity contribution in [1.29, 1.82) is 0 Å². The average molecular weight is 391 g/mol.